The van der Waals surface area contributed by atoms with Crippen molar-refractivity contribution in [2.45, 2.75) is 104 Å². The van der Waals surface area contributed by atoms with Gasteiger partial charge in [0.05, 0.1) is 0 Å². The van der Waals surface area contributed by atoms with E-state index in [0.717, 1.165) is 0 Å². The first-order chi connectivity index (χ1) is 10.3. The summed E-state index contributed by atoms with van der Waals surface area (Å²) in [6.45, 7) is 24.1. The van der Waals surface area contributed by atoms with Gasteiger partial charge in [0.2, 0.25) is 0 Å². The average Bonchev–Trinajstić information content (AvgIpc) is 2.29. The summed E-state index contributed by atoms with van der Waals surface area (Å²) in [7, 11) is -4.40. The molecule has 0 amide bonds. The van der Waals surface area contributed by atoms with Crippen molar-refractivity contribution >= 4 is 28.2 Å². The second-order valence-electron chi connectivity index (χ2n) is 9.82. The molecule has 0 bridgehead atoms. The molecule has 4 nitrogen and oxygen atoms in total. The Morgan fingerprint density at radius 1 is 0.667 bits per heavy atom. The summed E-state index contributed by atoms with van der Waals surface area (Å²) in [5.74, 6) is -0.280. The Hall–Kier alpha value is -0.306. The zero-order valence-corrected chi connectivity index (χ0v) is 19.8. The molecule has 0 aliphatic carbocycles. The molecule has 142 valence electrons. The Bertz CT molecular complexity index is 426. The predicted octanol–water partition coefficient (Wildman–Crippen LogP) is 4.95. The number of ketones is 2. The third-order valence-electron chi connectivity index (χ3n) is 5.53. The molecule has 0 N–H and O–H groups in total. The predicted molar refractivity (Wildman–Crippen MR) is 106 cm³/mol. The van der Waals surface area contributed by atoms with Crippen LogP contribution in [0, 0.1) is 0 Å². The molecule has 0 spiro atoms. The minimum Gasteiger partial charge on any atom is -0.404 e. The Labute approximate surface area is 151 Å². The van der Waals surface area contributed by atoms with Gasteiger partial charge in [0, 0.05) is 0 Å². The van der Waals surface area contributed by atoms with Gasteiger partial charge in [0.25, 0.3) is 0 Å². The molecule has 6 heteroatoms. The highest BCUT2D eigenvalue weighted by Gasteiger charge is 2.47. The third kappa shape index (κ3) is 5.90. The first kappa shape index (κ1) is 23.7. The molecule has 2 atom stereocenters. The van der Waals surface area contributed by atoms with Crippen molar-refractivity contribution in [2.75, 3.05) is 0 Å². The van der Waals surface area contributed by atoms with Gasteiger partial charge >= 0.3 is 0 Å². The van der Waals surface area contributed by atoms with Crippen LogP contribution in [-0.4, -0.2) is 40.4 Å². The number of hydrogen-bond donors (Lipinski definition) is 0. The Kier molecular flexibility index (Phi) is 7.42. The Balaban J connectivity index is 5.74. The standard InChI is InChI=1S/C18H38O4Si2/c1-13(19)15(21-23(9,10)17(3,4)5)16(14(2)20)22-24(11,12)18(6,7)8/h15-16H,1-12H3/t15-,16-/m0/s1. The summed E-state index contributed by atoms with van der Waals surface area (Å²) in [6.07, 6.45) is -1.64. The van der Waals surface area contributed by atoms with Crippen LogP contribution >= 0.6 is 0 Å². The van der Waals surface area contributed by atoms with Crippen LogP contribution in [0.1, 0.15) is 55.4 Å². The van der Waals surface area contributed by atoms with Crippen LogP contribution in [-0.2, 0) is 18.4 Å². The minimum atomic E-state index is -2.20. The van der Waals surface area contributed by atoms with Gasteiger partial charge in [-0.15, -0.1) is 0 Å². The molecule has 0 aromatic heterocycles. The van der Waals surface area contributed by atoms with Gasteiger partial charge in [-0.3, -0.25) is 9.59 Å². The first-order valence-corrected chi connectivity index (χ1v) is 14.5. The van der Waals surface area contributed by atoms with Gasteiger partial charge in [-0.1, -0.05) is 41.5 Å². The molecule has 0 aromatic carbocycles. The highest BCUT2D eigenvalue weighted by molar-refractivity contribution is 6.75. The molecule has 0 unspecified atom stereocenters. The minimum absolute atomic E-state index is 0.0426. The van der Waals surface area contributed by atoms with Crippen molar-refractivity contribution in [3.05, 3.63) is 0 Å². The van der Waals surface area contributed by atoms with Gasteiger partial charge in [-0.25, -0.2) is 0 Å². The lowest BCUT2D eigenvalue weighted by molar-refractivity contribution is -0.138. The van der Waals surface area contributed by atoms with Gasteiger partial charge in [-0.2, -0.15) is 0 Å². The van der Waals surface area contributed by atoms with E-state index in [2.05, 4.69) is 67.7 Å². The zero-order chi connectivity index (χ0) is 19.7. The quantitative estimate of drug-likeness (QED) is 0.592. The Morgan fingerprint density at radius 3 is 1.00 bits per heavy atom. The van der Waals surface area contributed by atoms with Crippen LogP contribution in [0.5, 0.6) is 0 Å². The molecular formula is C18H38O4Si2. The van der Waals surface area contributed by atoms with Crippen LogP contribution in [0.4, 0.5) is 0 Å². The number of carbonyl (C=O) groups excluding carboxylic acids is 2. The fourth-order valence-corrected chi connectivity index (χ4v) is 4.26. The lowest BCUT2D eigenvalue weighted by atomic mass is 10.1. The summed E-state index contributed by atoms with van der Waals surface area (Å²) in [6, 6.07) is 0. The Morgan fingerprint density at radius 2 is 0.875 bits per heavy atom. The largest absolute Gasteiger partial charge is 0.404 e. The van der Waals surface area contributed by atoms with E-state index in [0.29, 0.717) is 0 Å². The normalized spacial score (nSPS) is 16.7. The number of rotatable bonds is 7. The lowest BCUT2D eigenvalue weighted by Crippen LogP contribution is -2.55. The summed E-state index contributed by atoms with van der Waals surface area (Å²) in [5, 5.41) is -0.0853. The monoisotopic (exact) mass is 374 g/mol. The van der Waals surface area contributed by atoms with Crippen LogP contribution < -0.4 is 0 Å². The molecule has 24 heavy (non-hydrogen) atoms. The van der Waals surface area contributed by atoms with Crippen molar-refractivity contribution in [2.24, 2.45) is 0 Å². The van der Waals surface area contributed by atoms with E-state index in [1.165, 1.54) is 13.8 Å². The molecule has 0 saturated carbocycles. The van der Waals surface area contributed by atoms with E-state index < -0.39 is 28.8 Å². The lowest BCUT2D eigenvalue weighted by Gasteiger charge is -2.43. The fourth-order valence-electron chi connectivity index (χ4n) is 1.70. The highest BCUT2D eigenvalue weighted by Crippen LogP contribution is 2.40. The molecule has 0 saturated heterocycles. The van der Waals surface area contributed by atoms with Crippen LogP contribution in [0.15, 0.2) is 0 Å². The van der Waals surface area contributed by atoms with Gasteiger partial charge in [0.1, 0.15) is 12.2 Å². The van der Waals surface area contributed by atoms with Crippen LogP contribution in [0.2, 0.25) is 36.3 Å². The van der Waals surface area contributed by atoms with E-state index >= 15 is 0 Å². The molecule has 0 aliphatic rings. The summed E-state index contributed by atoms with van der Waals surface area (Å²) >= 11 is 0. The third-order valence-corrected chi connectivity index (χ3v) is 14.4. The number of Topliss-reactive ketones (excluding diaryl/α,β-unsaturated/α-hetero) is 2. The molecule has 0 aliphatic heterocycles. The number of carbonyl (C=O) groups is 2. The maximum atomic E-state index is 12.3. The van der Waals surface area contributed by atoms with Crippen molar-refractivity contribution in [1.82, 2.24) is 0 Å². The van der Waals surface area contributed by atoms with Gasteiger partial charge in [-0.05, 0) is 50.1 Å². The molecule has 0 rings (SSSR count). The van der Waals surface area contributed by atoms with E-state index in [4.69, 9.17) is 8.85 Å². The van der Waals surface area contributed by atoms with Crippen molar-refractivity contribution in [3.63, 3.8) is 0 Å². The van der Waals surface area contributed by atoms with E-state index in [1.54, 1.807) is 0 Å². The topological polar surface area (TPSA) is 52.6 Å². The molecule has 0 heterocycles. The van der Waals surface area contributed by atoms with E-state index in [-0.39, 0.29) is 21.6 Å². The second-order valence-corrected chi connectivity index (χ2v) is 19.3. The fraction of sp³-hybridized carbons (Fsp3) is 0.889. The first-order valence-electron chi connectivity index (χ1n) is 8.70. The maximum Gasteiger partial charge on any atom is 0.193 e. The molecule has 0 aromatic rings. The van der Waals surface area contributed by atoms with Crippen molar-refractivity contribution in [1.29, 1.82) is 0 Å². The molecule has 0 radical (unpaired) electrons. The highest BCUT2D eigenvalue weighted by atomic mass is 28.4. The van der Waals surface area contributed by atoms with Gasteiger partial charge in [0.15, 0.2) is 28.2 Å². The maximum absolute atomic E-state index is 12.3. The number of hydrogen-bond acceptors (Lipinski definition) is 4. The van der Waals surface area contributed by atoms with E-state index in [9.17, 15) is 9.59 Å². The summed E-state index contributed by atoms with van der Waals surface area (Å²) in [5.41, 5.74) is 0. The summed E-state index contributed by atoms with van der Waals surface area (Å²) in [4.78, 5) is 24.6. The summed E-state index contributed by atoms with van der Waals surface area (Å²) < 4.78 is 12.6. The smallest absolute Gasteiger partial charge is 0.193 e. The average molecular weight is 375 g/mol. The molecule has 0 fully saturated rings. The van der Waals surface area contributed by atoms with Crippen molar-refractivity contribution in [3.8, 4) is 0 Å². The van der Waals surface area contributed by atoms with Crippen LogP contribution in [0.25, 0.3) is 0 Å². The van der Waals surface area contributed by atoms with Crippen molar-refractivity contribution < 1.29 is 18.4 Å². The van der Waals surface area contributed by atoms with E-state index in [1.807, 2.05) is 0 Å². The van der Waals surface area contributed by atoms with Crippen LogP contribution in [0.3, 0.4) is 0 Å². The van der Waals surface area contributed by atoms with Gasteiger partial charge < -0.3 is 8.85 Å². The zero-order valence-electron chi connectivity index (χ0n) is 17.8. The second kappa shape index (κ2) is 7.52. The SMILES string of the molecule is CC(=O)[C@H](O[Si](C)(C)C(C)(C)C)[C@@H](O[Si](C)(C)C(C)(C)C)C(C)=O. The molecular weight excluding hydrogens is 336 g/mol.